The summed E-state index contributed by atoms with van der Waals surface area (Å²) >= 11 is 6.06. The summed E-state index contributed by atoms with van der Waals surface area (Å²) in [6.45, 7) is 6.94. The number of benzene rings is 1. The maximum atomic E-state index is 12.4. The molecule has 1 aliphatic rings. The molecule has 23 heavy (non-hydrogen) atoms. The molecule has 0 saturated carbocycles. The Bertz CT molecular complexity index is 722. The van der Waals surface area contributed by atoms with Gasteiger partial charge in [0.1, 0.15) is 11.1 Å². The molecule has 1 unspecified atom stereocenters. The number of carbonyl (C=O) groups is 1. The molecule has 124 valence electrons. The molecule has 1 atom stereocenters. The van der Waals surface area contributed by atoms with Crippen molar-refractivity contribution in [3.8, 4) is 0 Å². The van der Waals surface area contributed by atoms with Crippen molar-refractivity contribution in [2.75, 3.05) is 6.54 Å². The van der Waals surface area contributed by atoms with Gasteiger partial charge in [-0.05, 0) is 51.8 Å². The Hall–Kier alpha value is -1.82. The van der Waals surface area contributed by atoms with Crippen LogP contribution in [0.5, 0.6) is 0 Å². The molecule has 0 bridgehead atoms. The van der Waals surface area contributed by atoms with Gasteiger partial charge >= 0.3 is 6.09 Å². The number of amides is 1. The first-order chi connectivity index (χ1) is 10.8. The van der Waals surface area contributed by atoms with E-state index in [2.05, 4.69) is 10.3 Å². The molecule has 6 nitrogen and oxygen atoms in total. The topological polar surface area (TPSA) is 60.2 Å². The zero-order valence-corrected chi connectivity index (χ0v) is 14.4. The fourth-order valence-corrected chi connectivity index (χ4v) is 3.03. The Balaban J connectivity index is 1.78. The second-order valence-electron chi connectivity index (χ2n) is 6.87. The van der Waals surface area contributed by atoms with E-state index in [0.717, 1.165) is 23.9 Å². The minimum absolute atomic E-state index is 0.0636. The van der Waals surface area contributed by atoms with Gasteiger partial charge in [-0.25, -0.2) is 9.48 Å². The lowest BCUT2D eigenvalue weighted by molar-refractivity contribution is 0.0212. The monoisotopic (exact) mass is 336 g/mol. The Morgan fingerprint density at radius 3 is 2.96 bits per heavy atom. The number of halogens is 1. The molecular weight excluding hydrogens is 316 g/mol. The molecule has 1 aromatic heterocycles. The van der Waals surface area contributed by atoms with E-state index in [0.29, 0.717) is 18.1 Å². The van der Waals surface area contributed by atoms with E-state index < -0.39 is 5.60 Å². The number of hydrogen-bond acceptors (Lipinski definition) is 4. The first-order valence-corrected chi connectivity index (χ1v) is 8.20. The van der Waals surface area contributed by atoms with Crippen LogP contribution in [0.2, 0.25) is 5.02 Å². The summed E-state index contributed by atoms with van der Waals surface area (Å²) < 4.78 is 7.31. The van der Waals surface area contributed by atoms with E-state index in [9.17, 15) is 4.79 Å². The van der Waals surface area contributed by atoms with Crippen LogP contribution >= 0.6 is 11.6 Å². The zero-order chi connectivity index (χ0) is 16.6. The summed E-state index contributed by atoms with van der Waals surface area (Å²) in [5.74, 6) is 0. The van der Waals surface area contributed by atoms with Gasteiger partial charge in [0.2, 0.25) is 0 Å². The number of carbonyl (C=O) groups excluding carboxylic acids is 1. The maximum absolute atomic E-state index is 12.4. The van der Waals surface area contributed by atoms with Crippen LogP contribution in [0.1, 0.15) is 33.6 Å². The summed E-state index contributed by atoms with van der Waals surface area (Å²) in [7, 11) is 0. The van der Waals surface area contributed by atoms with Crippen LogP contribution in [0.4, 0.5) is 4.79 Å². The van der Waals surface area contributed by atoms with E-state index in [1.54, 1.807) is 11.0 Å². The van der Waals surface area contributed by atoms with Gasteiger partial charge in [0, 0.05) is 11.6 Å². The van der Waals surface area contributed by atoms with E-state index in [-0.39, 0.29) is 12.1 Å². The quantitative estimate of drug-likeness (QED) is 0.842. The number of likely N-dealkylation sites (tertiary alicyclic amines) is 1. The Morgan fingerprint density at radius 2 is 2.22 bits per heavy atom. The zero-order valence-electron chi connectivity index (χ0n) is 13.6. The predicted octanol–water partition coefficient (Wildman–Crippen LogP) is 3.48. The number of fused-ring (bicyclic) bond motifs is 1. The molecule has 1 amide bonds. The SMILES string of the molecule is CC(C)(C)OC(=O)N1CCCC1Cn1nnc2ccc(Cl)cc21. The second-order valence-corrected chi connectivity index (χ2v) is 7.31. The van der Waals surface area contributed by atoms with Crippen LogP contribution in [0.15, 0.2) is 18.2 Å². The molecule has 2 aromatic rings. The lowest BCUT2D eigenvalue weighted by Gasteiger charge is -2.28. The summed E-state index contributed by atoms with van der Waals surface area (Å²) in [5, 5.41) is 9.00. The molecule has 0 N–H and O–H groups in total. The molecule has 0 radical (unpaired) electrons. The van der Waals surface area contributed by atoms with Crippen LogP contribution in [-0.4, -0.2) is 44.2 Å². The van der Waals surface area contributed by atoms with E-state index in [4.69, 9.17) is 16.3 Å². The second kappa shape index (κ2) is 6.00. The van der Waals surface area contributed by atoms with Gasteiger partial charge in [-0.3, -0.25) is 0 Å². The van der Waals surface area contributed by atoms with Gasteiger partial charge in [0.05, 0.1) is 18.1 Å². The minimum atomic E-state index is -0.488. The lowest BCUT2D eigenvalue weighted by Crippen LogP contribution is -2.41. The van der Waals surface area contributed by atoms with Crippen molar-refractivity contribution < 1.29 is 9.53 Å². The third-order valence-electron chi connectivity index (χ3n) is 3.86. The van der Waals surface area contributed by atoms with Gasteiger partial charge in [-0.2, -0.15) is 0 Å². The van der Waals surface area contributed by atoms with Gasteiger partial charge in [-0.1, -0.05) is 16.8 Å². The van der Waals surface area contributed by atoms with Crippen LogP contribution in [0.3, 0.4) is 0 Å². The molecular formula is C16H21ClN4O2. The highest BCUT2D eigenvalue weighted by Crippen LogP contribution is 2.24. The van der Waals surface area contributed by atoms with Crippen LogP contribution in [-0.2, 0) is 11.3 Å². The lowest BCUT2D eigenvalue weighted by atomic mass is 10.2. The van der Waals surface area contributed by atoms with Crippen molar-refractivity contribution in [3.63, 3.8) is 0 Å². The van der Waals surface area contributed by atoms with Crippen molar-refractivity contribution >= 4 is 28.7 Å². The standard InChI is InChI=1S/C16H21ClN4O2/c1-16(2,3)23-15(22)20-8-4-5-12(20)10-21-14-9-11(17)6-7-13(14)18-19-21/h6-7,9,12H,4-5,8,10H2,1-3H3. The minimum Gasteiger partial charge on any atom is -0.444 e. The van der Waals surface area contributed by atoms with Crippen molar-refractivity contribution in [2.45, 2.75) is 51.8 Å². The van der Waals surface area contributed by atoms with Gasteiger partial charge < -0.3 is 9.64 Å². The summed E-state index contributed by atoms with van der Waals surface area (Å²) in [6.07, 6.45) is 1.64. The molecule has 1 fully saturated rings. The number of nitrogens with zero attached hydrogens (tertiary/aromatic N) is 4. The highest BCUT2D eigenvalue weighted by atomic mass is 35.5. The van der Waals surface area contributed by atoms with Crippen molar-refractivity contribution in [3.05, 3.63) is 23.2 Å². The van der Waals surface area contributed by atoms with Gasteiger partial charge in [0.25, 0.3) is 0 Å². The summed E-state index contributed by atoms with van der Waals surface area (Å²) in [5.41, 5.74) is 1.20. The molecule has 1 saturated heterocycles. The third-order valence-corrected chi connectivity index (χ3v) is 4.10. The first kappa shape index (κ1) is 16.1. The Labute approximate surface area is 140 Å². The average molecular weight is 337 g/mol. The van der Waals surface area contributed by atoms with Crippen molar-refractivity contribution in [2.24, 2.45) is 0 Å². The Kier molecular flexibility index (Phi) is 4.19. The number of aromatic nitrogens is 3. The van der Waals surface area contributed by atoms with E-state index in [1.807, 2.05) is 37.6 Å². The molecule has 2 heterocycles. The highest BCUT2D eigenvalue weighted by molar-refractivity contribution is 6.31. The molecule has 0 aliphatic carbocycles. The molecule has 1 aromatic carbocycles. The van der Waals surface area contributed by atoms with E-state index in [1.165, 1.54) is 0 Å². The molecule has 7 heteroatoms. The smallest absolute Gasteiger partial charge is 0.410 e. The predicted molar refractivity (Wildman–Crippen MR) is 88.5 cm³/mol. The normalized spacial score (nSPS) is 18.6. The number of ether oxygens (including phenoxy) is 1. The fourth-order valence-electron chi connectivity index (χ4n) is 2.86. The third kappa shape index (κ3) is 3.58. The van der Waals surface area contributed by atoms with Crippen LogP contribution in [0.25, 0.3) is 11.0 Å². The molecule has 1 aliphatic heterocycles. The highest BCUT2D eigenvalue weighted by Gasteiger charge is 2.32. The van der Waals surface area contributed by atoms with E-state index >= 15 is 0 Å². The summed E-state index contributed by atoms with van der Waals surface area (Å²) in [4.78, 5) is 14.1. The number of rotatable bonds is 2. The molecule has 3 rings (SSSR count). The number of hydrogen-bond donors (Lipinski definition) is 0. The Morgan fingerprint density at radius 1 is 1.43 bits per heavy atom. The van der Waals surface area contributed by atoms with Gasteiger partial charge in [-0.15, -0.1) is 5.10 Å². The maximum Gasteiger partial charge on any atom is 0.410 e. The van der Waals surface area contributed by atoms with Crippen LogP contribution in [0, 0.1) is 0 Å². The largest absolute Gasteiger partial charge is 0.444 e. The van der Waals surface area contributed by atoms with Crippen molar-refractivity contribution in [1.82, 2.24) is 19.9 Å². The summed E-state index contributed by atoms with van der Waals surface area (Å²) in [6, 6.07) is 5.56. The molecule has 0 spiro atoms. The fraction of sp³-hybridized carbons (Fsp3) is 0.562. The first-order valence-electron chi connectivity index (χ1n) is 7.82. The van der Waals surface area contributed by atoms with Crippen LogP contribution < -0.4 is 0 Å². The average Bonchev–Trinajstić information content (AvgIpc) is 3.05. The van der Waals surface area contributed by atoms with Crippen molar-refractivity contribution in [1.29, 1.82) is 0 Å². The van der Waals surface area contributed by atoms with Gasteiger partial charge in [0.15, 0.2) is 0 Å².